The molecule has 0 saturated heterocycles. The van der Waals surface area contributed by atoms with Crippen molar-refractivity contribution >= 4 is 5.97 Å². The third kappa shape index (κ3) is 6.83. The van der Waals surface area contributed by atoms with E-state index in [1.165, 1.54) is 0 Å². The summed E-state index contributed by atoms with van der Waals surface area (Å²) in [7, 11) is 0. The van der Waals surface area contributed by atoms with Crippen LogP contribution in [0.1, 0.15) is 26.2 Å². The summed E-state index contributed by atoms with van der Waals surface area (Å²) >= 11 is 0. The summed E-state index contributed by atoms with van der Waals surface area (Å²) < 4.78 is 4.71. The number of nitriles is 2. The molecule has 0 amide bonds. The quantitative estimate of drug-likeness (QED) is 0.473. The Morgan fingerprint density at radius 3 is 2.77 bits per heavy atom. The third-order valence-corrected chi connectivity index (χ3v) is 1.48. The van der Waals surface area contributed by atoms with Crippen LogP contribution in [-0.4, -0.2) is 12.6 Å². The van der Waals surface area contributed by atoms with E-state index in [1.807, 2.05) is 12.1 Å². The van der Waals surface area contributed by atoms with E-state index in [2.05, 4.69) is 0 Å². The molecule has 70 valence electrons. The average Bonchev–Trinajstić information content (AvgIpc) is 2.14. The smallest absolute Gasteiger partial charge is 0.305 e. The van der Waals surface area contributed by atoms with Crippen molar-refractivity contribution in [3.05, 3.63) is 0 Å². The van der Waals surface area contributed by atoms with Crippen molar-refractivity contribution in [2.75, 3.05) is 6.61 Å². The van der Waals surface area contributed by atoms with Gasteiger partial charge in [0.2, 0.25) is 0 Å². The first kappa shape index (κ1) is 11.4. The van der Waals surface area contributed by atoms with Crippen LogP contribution in [0.5, 0.6) is 0 Å². The molecular formula is C9H12N2O2. The minimum absolute atomic E-state index is 0.122. The Kier molecular flexibility index (Phi) is 6.27. The van der Waals surface area contributed by atoms with E-state index in [9.17, 15) is 4.79 Å². The van der Waals surface area contributed by atoms with Gasteiger partial charge in [-0.3, -0.25) is 4.79 Å². The maximum absolute atomic E-state index is 10.9. The number of rotatable bonds is 5. The maximum Gasteiger partial charge on any atom is 0.305 e. The van der Waals surface area contributed by atoms with Gasteiger partial charge in [-0.15, -0.1) is 0 Å². The number of carbonyl (C=O) groups is 1. The van der Waals surface area contributed by atoms with Gasteiger partial charge in [-0.25, -0.2) is 0 Å². The van der Waals surface area contributed by atoms with Crippen LogP contribution >= 0.6 is 0 Å². The first-order chi connectivity index (χ1) is 6.20. The molecule has 0 aliphatic rings. The predicted octanol–water partition coefficient (Wildman–Crippen LogP) is 1.38. The number of esters is 1. The van der Waals surface area contributed by atoms with Crippen molar-refractivity contribution in [1.82, 2.24) is 0 Å². The van der Waals surface area contributed by atoms with Crippen LogP contribution in [0, 0.1) is 28.6 Å². The average molecular weight is 180 g/mol. The Balaban J connectivity index is 3.43. The summed E-state index contributed by atoms with van der Waals surface area (Å²) in [5.74, 6) is -0.458. The first-order valence-electron chi connectivity index (χ1n) is 4.13. The molecule has 0 aromatic carbocycles. The third-order valence-electron chi connectivity index (χ3n) is 1.48. The normalized spacial score (nSPS) is 11.0. The zero-order valence-corrected chi connectivity index (χ0v) is 7.62. The van der Waals surface area contributed by atoms with E-state index in [4.69, 9.17) is 15.3 Å². The second-order valence-electron chi connectivity index (χ2n) is 2.70. The molecule has 0 aromatic heterocycles. The number of hydrogen-bond acceptors (Lipinski definition) is 4. The fourth-order valence-corrected chi connectivity index (χ4v) is 0.682. The van der Waals surface area contributed by atoms with E-state index in [-0.39, 0.29) is 31.3 Å². The van der Waals surface area contributed by atoms with Crippen molar-refractivity contribution in [2.24, 2.45) is 5.92 Å². The molecule has 0 aromatic rings. The molecule has 0 saturated carbocycles. The highest BCUT2D eigenvalue weighted by atomic mass is 16.5. The summed E-state index contributed by atoms with van der Waals surface area (Å²) in [6.07, 6.45) is 0.988. The van der Waals surface area contributed by atoms with Crippen LogP contribution in [0.4, 0.5) is 0 Å². The van der Waals surface area contributed by atoms with Gasteiger partial charge < -0.3 is 4.74 Å². The molecule has 0 heterocycles. The highest BCUT2D eigenvalue weighted by Gasteiger charge is 2.06. The highest BCUT2D eigenvalue weighted by molar-refractivity contribution is 5.69. The van der Waals surface area contributed by atoms with E-state index >= 15 is 0 Å². The van der Waals surface area contributed by atoms with Gasteiger partial charge in [-0.2, -0.15) is 10.5 Å². The van der Waals surface area contributed by atoms with Crippen LogP contribution in [0.15, 0.2) is 0 Å². The molecule has 1 unspecified atom stereocenters. The lowest BCUT2D eigenvalue weighted by Gasteiger charge is -2.02. The zero-order valence-electron chi connectivity index (χ0n) is 7.62. The van der Waals surface area contributed by atoms with Crippen molar-refractivity contribution < 1.29 is 9.53 Å². The lowest BCUT2D eigenvalue weighted by atomic mass is 10.1. The highest BCUT2D eigenvalue weighted by Crippen LogP contribution is 2.04. The molecule has 4 nitrogen and oxygen atoms in total. The van der Waals surface area contributed by atoms with Gasteiger partial charge >= 0.3 is 5.97 Å². The molecule has 0 radical (unpaired) electrons. The van der Waals surface area contributed by atoms with Gasteiger partial charge in [0.25, 0.3) is 0 Å². The van der Waals surface area contributed by atoms with E-state index < -0.39 is 0 Å². The molecule has 0 rings (SSSR count). The molecule has 0 fully saturated rings. The van der Waals surface area contributed by atoms with E-state index in [1.54, 1.807) is 6.92 Å². The molecule has 13 heavy (non-hydrogen) atoms. The minimum atomic E-state index is -0.336. The topological polar surface area (TPSA) is 73.9 Å². The van der Waals surface area contributed by atoms with Crippen LogP contribution in [0.25, 0.3) is 0 Å². The summed E-state index contributed by atoms with van der Waals surface area (Å²) in [4.78, 5) is 10.9. The van der Waals surface area contributed by atoms with E-state index in [0.29, 0.717) is 6.42 Å². The van der Waals surface area contributed by atoms with Crippen LogP contribution < -0.4 is 0 Å². The number of hydrogen-bond donors (Lipinski definition) is 0. The predicted molar refractivity (Wildman–Crippen MR) is 45.2 cm³/mol. The molecule has 0 aliphatic carbocycles. The van der Waals surface area contributed by atoms with Crippen molar-refractivity contribution in [3.8, 4) is 12.1 Å². The SMILES string of the molecule is CC(C#N)CCC(=O)OCCC#N. The Bertz CT molecular complexity index is 237. The van der Waals surface area contributed by atoms with E-state index in [0.717, 1.165) is 0 Å². The molecule has 1 atom stereocenters. The molecular weight excluding hydrogens is 168 g/mol. The largest absolute Gasteiger partial charge is 0.465 e. The maximum atomic E-state index is 10.9. The van der Waals surface area contributed by atoms with Gasteiger partial charge in [0.1, 0.15) is 6.61 Å². The number of carbonyl (C=O) groups excluding carboxylic acids is 1. The molecule has 0 bridgehead atoms. The lowest BCUT2D eigenvalue weighted by Crippen LogP contribution is -2.06. The second-order valence-corrected chi connectivity index (χ2v) is 2.70. The molecule has 4 heteroatoms. The Morgan fingerprint density at radius 1 is 1.54 bits per heavy atom. The summed E-state index contributed by atoms with van der Waals surface area (Å²) in [6, 6.07) is 3.90. The zero-order chi connectivity index (χ0) is 10.1. The summed E-state index contributed by atoms with van der Waals surface area (Å²) in [5, 5.41) is 16.6. The fourth-order valence-electron chi connectivity index (χ4n) is 0.682. The molecule has 0 aliphatic heterocycles. The van der Waals surface area contributed by atoms with Crippen LogP contribution in [0.3, 0.4) is 0 Å². The molecule has 0 N–H and O–H groups in total. The summed E-state index contributed by atoms with van der Waals surface area (Å²) in [5.41, 5.74) is 0. The molecule has 0 spiro atoms. The Hall–Kier alpha value is -1.55. The van der Waals surface area contributed by atoms with Gasteiger partial charge in [0.15, 0.2) is 0 Å². The monoisotopic (exact) mass is 180 g/mol. The van der Waals surface area contributed by atoms with Gasteiger partial charge in [-0.05, 0) is 13.3 Å². The van der Waals surface area contributed by atoms with Crippen molar-refractivity contribution in [3.63, 3.8) is 0 Å². The Labute approximate surface area is 77.7 Å². The standard InChI is InChI=1S/C9H12N2O2/c1-8(7-11)3-4-9(12)13-6-2-5-10/h8H,2-4,6H2,1H3. The lowest BCUT2D eigenvalue weighted by molar-refractivity contribution is -0.143. The van der Waals surface area contributed by atoms with Gasteiger partial charge in [0.05, 0.1) is 18.6 Å². The van der Waals surface area contributed by atoms with Crippen LogP contribution in [-0.2, 0) is 9.53 Å². The number of ether oxygens (including phenoxy) is 1. The van der Waals surface area contributed by atoms with Crippen molar-refractivity contribution in [1.29, 1.82) is 10.5 Å². The minimum Gasteiger partial charge on any atom is -0.465 e. The van der Waals surface area contributed by atoms with Gasteiger partial charge in [0, 0.05) is 12.3 Å². The first-order valence-corrected chi connectivity index (χ1v) is 4.13. The van der Waals surface area contributed by atoms with Crippen LogP contribution in [0.2, 0.25) is 0 Å². The number of nitrogens with zero attached hydrogens (tertiary/aromatic N) is 2. The van der Waals surface area contributed by atoms with Gasteiger partial charge in [-0.1, -0.05) is 0 Å². The fraction of sp³-hybridized carbons (Fsp3) is 0.667. The second kappa shape index (κ2) is 7.12. The Morgan fingerprint density at radius 2 is 2.23 bits per heavy atom. The summed E-state index contributed by atoms with van der Waals surface area (Å²) in [6.45, 7) is 1.90. The van der Waals surface area contributed by atoms with Crippen molar-refractivity contribution in [2.45, 2.75) is 26.2 Å².